The first-order valence-electron chi connectivity index (χ1n) is 6.34. The zero-order valence-corrected chi connectivity index (χ0v) is 13.7. The molecule has 0 unspecified atom stereocenters. The molecule has 0 bridgehead atoms. The summed E-state index contributed by atoms with van der Waals surface area (Å²) in [5.74, 6) is 1.38. The molecule has 0 N–H and O–H groups in total. The fourth-order valence-corrected chi connectivity index (χ4v) is 2.24. The van der Waals surface area contributed by atoms with Gasteiger partial charge in [0.2, 0.25) is 5.75 Å². The molecule has 0 heterocycles. The normalized spacial score (nSPS) is 10.5. The monoisotopic (exact) mass is 399 g/mol. The summed E-state index contributed by atoms with van der Waals surface area (Å²) < 4.78 is 12.2. The van der Waals surface area contributed by atoms with E-state index in [-0.39, 0.29) is 17.5 Å². The topological polar surface area (TPSA) is 61.6 Å². The molecule has 0 aromatic heterocycles. The number of halogens is 1. The van der Waals surface area contributed by atoms with Crippen molar-refractivity contribution in [3.8, 4) is 17.2 Å². The maximum absolute atomic E-state index is 11.0. The lowest BCUT2D eigenvalue weighted by atomic mass is 10.2. The Morgan fingerprint density at radius 3 is 2.48 bits per heavy atom. The van der Waals surface area contributed by atoms with Gasteiger partial charge in [0.25, 0.3) is 0 Å². The molecule has 0 aliphatic rings. The standard InChI is InChI=1S/C15H14INO4/c1-10(2)20-15-9-13(6-7-14(15)17(18)19)21-12-5-3-4-11(16)8-12/h3-10H,1-2H3. The van der Waals surface area contributed by atoms with E-state index < -0.39 is 4.92 Å². The molecular weight excluding hydrogens is 385 g/mol. The molecule has 0 saturated heterocycles. The summed E-state index contributed by atoms with van der Waals surface area (Å²) in [7, 11) is 0. The quantitative estimate of drug-likeness (QED) is 0.413. The highest BCUT2D eigenvalue weighted by Crippen LogP contribution is 2.34. The number of rotatable bonds is 5. The lowest BCUT2D eigenvalue weighted by Gasteiger charge is -2.12. The average molecular weight is 399 g/mol. The molecule has 0 radical (unpaired) electrons. The number of hydrogen-bond acceptors (Lipinski definition) is 4. The predicted octanol–water partition coefficient (Wildman–Crippen LogP) is 4.78. The first-order chi connectivity index (χ1) is 9.95. The molecule has 0 amide bonds. The van der Waals surface area contributed by atoms with Crippen molar-refractivity contribution in [3.05, 3.63) is 56.1 Å². The number of ether oxygens (including phenoxy) is 2. The number of hydrogen-bond donors (Lipinski definition) is 0. The van der Waals surface area contributed by atoms with Crippen LogP contribution in [0.1, 0.15) is 13.8 Å². The van der Waals surface area contributed by atoms with E-state index in [0.717, 1.165) is 3.57 Å². The second-order valence-electron chi connectivity index (χ2n) is 4.61. The van der Waals surface area contributed by atoms with Gasteiger partial charge in [-0.3, -0.25) is 10.1 Å². The highest BCUT2D eigenvalue weighted by molar-refractivity contribution is 14.1. The lowest BCUT2D eigenvalue weighted by Crippen LogP contribution is -2.07. The van der Waals surface area contributed by atoms with E-state index in [1.54, 1.807) is 6.07 Å². The Kier molecular flexibility index (Phi) is 5.00. The summed E-state index contributed by atoms with van der Waals surface area (Å²) in [4.78, 5) is 10.5. The highest BCUT2D eigenvalue weighted by Gasteiger charge is 2.17. The fraction of sp³-hybridized carbons (Fsp3) is 0.200. The van der Waals surface area contributed by atoms with Crippen molar-refractivity contribution < 1.29 is 14.4 Å². The molecule has 21 heavy (non-hydrogen) atoms. The smallest absolute Gasteiger partial charge is 0.311 e. The van der Waals surface area contributed by atoms with Crippen molar-refractivity contribution in [1.82, 2.24) is 0 Å². The van der Waals surface area contributed by atoms with Crippen LogP contribution in [0.4, 0.5) is 5.69 Å². The Balaban J connectivity index is 2.30. The number of nitro benzene ring substituents is 1. The van der Waals surface area contributed by atoms with Crippen molar-refractivity contribution in [1.29, 1.82) is 0 Å². The summed E-state index contributed by atoms with van der Waals surface area (Å²) in [6.45, 7) is 3.63. The third-order valence-corrected chi connectivity index (χ3v) is 3.19. The molecule has 2 rings (SSSR count). The van der Waals surface area contributed by atoms with E-state index in [1.807, 2.05) is 38.1 Å². The number of nitrogens with zero attached hydrogens (tertiary/aromatic N) is 1. The molecule has 5 nitrogen and oxygen atoms in total. The maximum Gasteiger partial charge on any atom is 0.311 e. The molecule has 0 atom stereocenters. The summed E-state index contributed by atoms with van der Waals surface area (Å²) in [6, 6.07) is 12.0. The summed E-state index contributed by atoms with van der Waals surface area (Å²) >= 11 is 2.19. The fourth-order valence-electron chi connectivity index (χ4n) is 1.72. The van der Waals surface area contributed by atoms with Crippen LogP contribution in [0.15, 0.2) is 42.5 Å². The van der Waals surface area contributed by atoms with E-state index in [0.29, 0.717) is 11.5 Å². The minimum absolute atomic E-state index is 0.0707. The minimum Gasteiger partial charge on any atom is -0.484 e. The zero-order chi connectivity index (χ0) is 15.4. The van der Waals surface area contributed by atoms with Gasteiger partial charge in [0.15, 0.2) is 0 Å². The van der Waals surface area contributed by atoms with Gasteiger partial charge in [0, 0.05) is 15.7 Å². The number of nitro groups is 1. The molecule has 0 spiro atoms. The molecule has 0 fully saturated rings. The summed E-state index contributed by atoms with van der Waals surface area (Å²) in [5.41, 5.74) is -0.0707. The Labute approximate surface area is 136 Å². The van der Waals surface area contributed by atoms with E-state index in [4.69, 9.17) is 9.47 Å². The van der Waals surface area contributed by atoms with Crippen LogP contribution in [0.25, 0.3) is 0 Å². The van der Waals surface area contributed by atoms with E-state index in [1.165, 1.54) is 12.1 Å². The first kappa shape index (κ1) is 15.6. The van der Waals surface area contributed by atoms with Gasteiger partial charge in [-0.25, -0.2) is 0 Å². The molecule has 110 valence electrons. The van der Waals surface area contributed by atoms with Crippen LogP contribution >= 0.6 is 22.6 Å². The van der Waals surface area contributed by atoms with Crippen molar-refractivity contribution in [2.75, 3.05) is 0 Å². The summed E-state index contributed by atoms with van der Waals surface area (Å²) in [5, 5.41) is 11.0. The van der Waals surface area contributed by atoms with Crippen molar-refractivity contribution in [2.24, 2.45) is 0 Å². The minimum atomic E-state index is -0.465. The highest BCUT2D eigenvalue weighted by atomic mass is 127. The zero-order valence-electron chi connectivity index (χ0n) is 11.6. The molecular formula is C15H14INO4. The third kappa shape index (κ3) is 4.32. The van der Waals surface area contributed by atoms with Gasteiger partial charge in [-0.15, -0.1) is 0 Å². The largest absolute Gasteiger partial charge is 0.484 e. The predicted molar refractivity (Wildman–Crippen MR) is 88.1 cm³/mol. The molecule has 2 aromatic carbocycles. The van der Waals surface area contributed by atoms with E-state index in [9.17, 15) is 10.1 Å². The van der Waals surface area contributed by atoms with Gasteiger partial charge in [-0.05, 0) is 60.7 Å². The SMILES string of the molecule is CC(C)Oc1cc(Oc2cccc(I)c2)ccc1[N+](=O)[O-]. The van der Waals surface area contributed by atoms with Gasteiger partial charge in [-0.2, -0.15) is 0 Å². The third-order valence-electron chi connectivity index (χ3n) is 2.52. The van der Waals surface area contributed by atoms with Crippen LogP contribution in [0.3, 0.4) is 0 Å². The Hall–Kier alpha value is -1.83. The van der Waals surface area contributed by atoms with Crippen LogP contribution < -0.4 is 9.47 Å². The van der Waals surface area contributed by atoms with Crippen molar-refractivity contribution in [2.45, 2.75) is 20.0 Å². The lowest BCUT2D eigenvalue weighted by molar-refractivity contribution is -0.386. The first-order valence-corrected chi connectivity index (χ1v) is 7.42. The summed E-state index contributed by atoms with van der Waals surface area (Å²) in [6.07, 6.45) is -0.156. The van der Waals surface area contributed by atoms with Gasteiger partial charge in [0.1, 0.15) is 11.5 Å². The van der Waals surface area contributed by atoms with Crippen molar-refractivity contribution in [3.63, 3.8) is 0 Å². The Morgan fingerprint density at radius 2 is 1.86 bits per heavy atom. The van der Waals surface area contributed by atoms with Gasteiger partial charge in [0.05, 0.1) is 11.0 Å². The maximum atomic E-state index is 11.0. The van der Waals surface area contributed by atoms with Crippen LogP contribution in [0, 0.1) is 13.7 Å². The molecule has 6 heteroatoms. The van der Waals surface area contributed by atoms with Crippen molar-refractivity contribution >= 4 is 28.3 Å². The Bertz CT molecular complexity index is 658. The van der Waals surface area contributed by atoms with Crippen LogP contribution in [0.5, 0.6) is 17.2 Å². The van der Waals surface area contributed by atoms with Gasteiger partial charge < -0.3 is 9.47 Å². The van der Waals surface area contributed by atoms with Crippen LogP contribution in [-0.2, 0) is 0 Å². The molecule has 0 aliphatic heterocycles. The Morgan fingerprint density at radius 1 is 1.14 bits per heavy atom. The molecule has 2 aromatic rings. The molecule has 0 saturated carbocycles. The van der Waals surface area contributed by atoms with Crippen LogP contribution in [-0.4, -0.2) is 11.0 Å². The van der Waals surface area contributed by atoms with Gasteiger partial charge >= 0.3 is 5.69 Å². The molecule has 0 aliphatic carbocycles. The van der Waals surface area contributed by atoms with E-state index in [2.05, 4.69) is 22.6 Å². The second-order valence-corrected chi connectivity index (χ2v) is 5.86. The second kappa shape index (κ2) is 6.75. The number of benzene rings is 2. The average Bonchev–Trinajstić information content (AvgIpc) is 2.37. The van der Waals surface area contributed by atoms with Crippen LogP contribution in [0.2, 0.25) is 0 Å². The van der Waals surface area contributed by atoms with Gasteiger partial charge in [-0.1, -0.05) is 6.07 Å². The van der Waals surface area contributed by atoms with E-state index >= 15 is 0 Å².